The molecule has 2 fully saturated rings. The molecule has 0 saturated carbocycles. The zero-order valence-corrected chi connectivity index (χ0v) is 12.3. The maximum atomic E-state index is 11.8. The molecule has 0 aliphatic carbocycles. The quantitative estimate of drug-likeness (QED) is 0.783. The molecule has 106 valence electrons. The molecule has 1 atom stereocenters. The van der Waals surface area contributed by atoms with Crippen LogP contribution in [0.1, 0.15) is 44.9 Å². The van der Waals surface area contributed by atoms with E-state index >= 15 is 0 Å². The second kappa shape index (κ2) is 6.35. The first kappa shape index (κ1) is 14.3. The van der Waals surface area contributed by atoms with Crippen LogP contribution in [0.5, 0.6) is 0 Å². The Morgan fingerprint density at radius 1 is 1.00 bits per heavy atom. The number of hydrogen-bond acceptors (Lipinski definition) is 3. The van der Waals surface area contributed by atoms with Gasteiger partial charge in [0.2, 0.25) is 10.0 Å². The van der Waals surface area contributed by atoms with Gasteiger partial charge in [-0.15, -0.1) is 0 Å². The number of nitrogens with zero attached hydrogens (tertiary/aromatic N) is 2. The number of sulfonamides is 1. The third-order valence-corrected chi connectivity index (χ3v) is 5.56. The van der Waals surface area contributed by atoms with Crippen LogP contribution in [0.2, 0.25) is 0 Å². The second-order valence-corrected chi connectivity index (χ2v) is 7.65. The van der Waals surface area contributed by atoms with Gasteiger partial charge in [0, 0.05) is 12.6 Å². The van der Waals surface area contributed by atoms with E-state index in [0.717, 1.165) is 32.4 Å². The third kappa shape index (κ3) is 3.93. The van der Waals surface area contributed by atoms with Gasteiger partial charge in [0.05, 0.1) is 6.26 Å². The molecule has 0 aromatic carbocycles. The first-order valence-corrected chi connectivity index (χ1v) is 9.11. The predicted octanol–water partition coefficient (Wildman–Crippen LogP) is 1.68. The summed E-state index contributed by atoms with van der Waals surface area (Å²) in [5, 5.41) is 0. The van der Waals surface area contributed by atoms with Crippen LogP contribution in [0.25, 0.3) is 0 Å². The van der Waals surface area contributed by atoms with Gasteiger partial charge in [-0.3, -0.25) is 0 Å². The predicted molar refractivity (Wildman–Crippen MR) is 74.1 cm³/mol. The SMILES string of the molecule is CS(=O)(=O)N1CCCC[C@H]1CCN1CCCCC1. The summed E-state index contributed by atoms with van der Waals surface area (Å²) in [4.78, 5) is 2.50. The van der Waals surface area contributed by atoms with Crippen molar-refractivity contribution < 1.29 is 8.42 Å². The fourth-order valence-corrected chi connectivity index (χ4v) is 4.43. The molecule has 0 aromatic rings. The van der Waals surface area contributed by atoms with Crippen molar-refractivity contribution in [1.82, 2.24) is 9.21 Å². The molecule has 2 heterocycles. The zero-order valence-electron chi connectivity index (χ0n) is 11.5. The lowest BCUT2D eigenvalue weighted by molar-refractivity contribution is 0.181. The van der Waals surface area contributed by atoms with Crippen LogP contribution in [-0.4, -0.2) is 56.1 Å². The van der Waals surface area contributed by atoms with Crippen molar-refractivity contribution in [3.8, 4) is 0 Å². The fourth-order valence-electron chi connectivity index (χ4n) is 3.21. The van der Waals surface area contributed by atoms with Gasteiger partial charge < -0.3 is 4.90 Å². The van der Waals surface area contributed by atoms with Gasteiger partial charge in [-0.25, -0.2) is 8.42 Å². The Balaban J connectivity index is 1.85. The molecule has 0 radical (unpaired) electrons. The van der Waals surface area contributed by atoms with Crippen LogP contribution in [0.15, 0.2) is 0 Å². The minimum Gasteiger partial charge on any atom is -0.303 e. The number of hydrogen-bond donors (Lipinski definition) is 0. The van der Waals surface area contributed by atoms with Gasteiger partial charge >= 0.3 is 0 Å². The van der Waals surface area contributed by atoms with Crippen LogP contribution < -0.4 is 0 Å². The number of piperidine rings is 2. The van der Waals surface area contributed by atoms with Crippen molar-refractivity contribution in [2.45, 2.75) is 51.0 Å². The number of likely N-dealkylation sites (tertiary alicyclic amines) is 1. The lowest BCUT2D eigenvalue weighted by Gasteiger charge is -2.35. The standard InChI is InChI=1S/C13H26N2O2S/c1-18(16,17)15-11-6-3-7-13(15)8-12-14-9-4-2-5-10-14/h13H,2-12H2,1H3/t13-/m0/s1. The lowest BCUT2D eigenvalue weighted by Crippen LogP contribution is -2.45. The maximum Gasteiger partial charge on any atom is 0.211 e. The van der Waals surface area contributed by atoms with E-state index < -0.39 is 10.0 Å². The normalized spacial score (nSPS) is 28.4. The van der Waals surface area contributed by atoms with Crippen LogP contribution in [0.3, 0.4) is 0 Å². The summed E-state index contributed by atoms with van der Waals surface area (Å²) < 4.78 is 25.3. The monoisotopic (exact) mass is 274 g/mol. The van der Waals surface area contributed by atoms with E-state index in [0.29, 0.717) is 0 Å². The maximum absolute atomic E-state index is 11.8. The van der Waals surface area contributed by atoms with Gasteiger partial charge in [0.1, 0.15) is 0 Å². The molecule has 5 heteroatoms. The van der Waals surface area contributed by atoms with Crippen molar-refractivity contribution in [3.05, 3.63) is 0 Å². The summed E-state index contributed by atoms with van der Waals surface area (Å²) in [7, 11) is -3.01. The molecule has 18 heavy (non-hydrogen) atoms. The molecular formula is C13H26N2O2S. The summed E-state index contributed by atoms with van der Waals surface area (Å²) in [6.07, 6.45) is 9.57. The molecule has 4 nitrogen and oxygen atoms in total. The van der Waals surface area contributed by atoms with E-state index in [-0.39, 0.29) is 6.04 Å². The molecule has 2 aliphatic heterocycles. The molecule has 0 N–H and O–H groups in total. The Bertz CT molecular complexity index is 350. The molecule has 0 aromatic heterocycles. The molecule has 0 spiro atoms. The highest BCUT2D eigenvalue weighted by molar-refractivity contribution is 7.88. The molecule has 2 rings (SSSR count). The number of rotatable bonds is 4. The Morgan fingerprint density at radius 3 is 2.33 bits per heavy atom. The van der Waals surface area contributed by atoms with E-state index in [4.69, 9.17) is 0 Å². The van der Waals surface area contributed by atoms with Crippen LogP contribution >= 0.6 is 0 Å². The average molecular weight is 274 g/mol. The fraction of sp³-hybridized carbons (Fsp3) is 1.00. The highest BCUT2D eigenvalue weighted by atomic mass is 32.2. The van der Waals surface area contributed by atoms with Crippen molar-refractivity contribution in [3.63, 3.8) is 0 Å². The Hall–Kier alpha value is -0.130. The van der Waals surface area contributed by atoms with E-state index in [2.05, 4.69) is 4.90 Å². The Kier molecular flexibility index (Phi) is 5.04. The smallest absolute Gasteiger partial charge is 0.211 e. The summed E-state index contributed by atoms with van der Waals surface area (Å²) in [5.74, 6) is 0. The summed E-state index contributed by atoms with van der Waals surface area (Å²) in [6.45, 7) is 4.19. The molecule has 0 unspecified atom stereocenters. The van der Waals surface area contributed by atoms with E-state index in [1.165, 1.54) is 45.0 Å². The highest BCUT2D eigenvalue weighted by Crippen LogP contribution is 2.23. The highest BCUT2D eigenvalue weighted by Gasteiger charge is 2.29. The Labute approximate surface area is 111 Å². The van der Waals surface area contributed by atoms with Crippen LogP contribution in [0.4, 0.5) is 0 Å². The first-order chi connectivity index (χ1) is 8.57. The molecule has 2 aliphatic rings. The van der Waals surface area contributed by atoms with Crippen LogP contribution in [-0.2, 0) is 10.0 Å². The van der Waals surface area contributed by atoms with Gasteiger partial charge in [0.25, 0.3) is 0 Å². The van der Waals surface area contributed by atoms with Gasteiger partial charge in [-0.2, -0.15) is 4.31 Å². The van der Waals surface area contributed by atoms with Gasteiger partial charge in [-0.1, -0.05) is 12.8 Å². The summed E-state index contributed by atoms with van der Waals surface area (Å²) in [6, 6.07) is 0.246. The zero-order chi connectivity index (χ0) is 13.0. The van der Waals surface area contributed by atoms with Crippen molar-refractivity contribution >= 4 is 10.0 Å². The topological polar surface area (TPSA) is 40.6 Å². The minimum absolute atomic E-state index is 0.246. The largest absolute Gasteiger partial charge is 0.303 e. The molecule has 0 bridgehead atoms. The third-order valence-electron chi connectivity index (χ3n) is 4.23. The average Bonchev–Trinajstić information content (AvgIpc) is 2.37. The second-order valence-electron chi connectivity index (χ2n) is 5.71. The minimum atomic E-state index is -3.01. The molecule has 2 saturated heterocycles. The van der Waals surface area contributed by atoms with E-state index in [1.54, 1.807) is 4.31 Å². The summed E-state index contributed by atoms with van der Waals surface area (Å²) >= 11 is 0. The van der Waals surface area contributed by atoms with Crippen molar-refractivity contribution in [2.75, 3.05) is 32.4 Å². The molecular weight excluding hydrogens is 248 g/mol. The first-order valence-electron chi connectivity index (χ1n) is 7.26. The Morgan fingerprint density at radius 2 is 1.67 bits per heavy atom. The molecule has 0 amide bonds. The van der Waals surface area contributed by atoms with E-state index in [9.17, 15) is 8.42 Å². The van der Waals surface area contributed by atoms with Crippen LogP contribution in [0, 0.1) is 0 Å². The van der Waals surface area contributed by atoms with Gasteiger partial charge in [-0.05, 0) is 51.7 Å². The lowest BCUT2D eigenvalue weighted by atomic mass is 10.0. The van der Waals surface area contributed by atoms with Gasteiger partial charge in [0.15, 0.2) is 0 Å². The summed E-state index contributed by atoms with van der Waals surface area (Å²) in [5.41, 5.74) is 0. The van der Waals surface area contributed by atoms with Crippen molar-refractivity contribution in [1.29, 1.82) is 0 Å². The van der Waals surface area contributed by atoms with E-state index in [1.807, 2.05) is 0 Å². The van der Waals surface area contributed by atoms with Crippen molar-refractivity contribution in [2.24, 2.45) is 0 Å².